The molecule has 0 amide bonds. The Morgan fingerprint density at radius 1 is 1.33 bits per heavy atom. The van der Waals surface area contributed by atoms with Crippen LogP contribution in [0.5, 0.6) is 0 Å². The Morgan fingerprint density at radius 3 is 2.58 bits per heavy atom. The van der Waals surface area contributed by atoms with Crippen molar-refractivity contribution in [2.24, 2.45) is 5.92 Å². The van der Waals surface area contributed by atoms with E-state index in [0.717, 1.165) is 6.54 Å². The molecule has 1 heterocycles. The van der Waals surface area contributed by atoms with Crippen LogP contribution >= 0.6 is 0 Å². The summed E-state index contributed by atoms with van der Waals surface area (Å²) in [6, 6.07) is 9.11. The Balaban J connectivity index is 2.11. The van der Waals surface area contributed by atoms with E-state index in [1.54, 1.807) is 38.1 Å². The third-order valence-corrected chi connectivity index (χ3v) is 4.67. The van der Waals surface area contributed by atoms with Crippen molar-refractivity contribution in [2.45, 2.75) is 51.4 Å². The van der Waals surface area contributed by atoms with Gasteiger partial charge in [-0.05, 0) is 40.0 Å². The van der Waals surface area contributed by atoms with Gasteiger partial charge < -0.3 is 14.7 Å². The number of nitrogens with zero attached hydrogens (tertiary/aromatic N) is 1. The lowest BCUT2D eigenvalue weighted by molar-refractivity contribution is -0.0354. The molecule has 1 aliphatic heterocycles. The van der Waals surface area contributed by atoms with Gasteiger partial charge in [-0.25, -0.2) is 4.79 Å². The zero-order valence-corrected chi connectivity index (χ0v) is 15.2. The molecule has 130 valence electrons. The van der Waals surface area contributed by atoms with Crippen LogP contribution in [0, 0.1) is 17.8 Å². The first kappa shape index (κ1) is 18.5. The smallest absolute Gasteiger partial charge is 0.339 e. The average molecular weight is 329 g/mol. The summed E-state index contributed by atoms with van der Waals surface area (Å²) in [6.45, 7) is 8.36. The third kappa shape index (κ3) is 4.37. The Morgan fingerprint density at radius 2 is 1.96 bits per heavy atom. The first-order chi connectivity index (χ1) is 11.1. The number of likely N-dealkylation sites (tertiary alicyclic amines) is 1. The van der Waals surface area contributed by atoms with Gasteiger partial charge >= 0.3 is 5.97 Å². The third-order valence-electron chi connectivity index (χ3n) is 4.67. The number of ether oxygens (including phenoxy) is 1. The van der Waals surface area contributed by atoms with Crippen LogP contribution in [-0.2, 0) is 4.74 Å². The molecule has 3 atom stereocenters. The van der Waals surface area contributed by atoms with Gasteiger partial charge in [-0.3, -0.25) is 0 Å². The number of piperidine rings is 1. The molecule has 1 aromatic rings. The highest BCUT2D eigenvalue weighted by Gasteiger charge is 2.40. The highest BCUT2D eigenvalue weighted by Crippen LogP contribution is 2.30. The van der Waals surface area contributed by atoms with E-state index in [9.17, 15) is 9.90 Å². The fourth-order valence-electron chi connectivity index (χ4n) is 2.89. The van der Waals surface area contributed by atoms with Gasteiger partial charge in [0.1, 0.15) is 5.60 Å². The Kier molecular flexibility index (Phi) is 5.37. The van der Waals surface area contributed by atoms with Gasteiger partial charge in [0.05, 0.1) is 5.56 Å². The first-order valence-electron chi connectivity index (χ1n) is 8.38. The fourth-order valence-corrected chi connectivity index (χ4v) is 2.89. The molecule has 0 unspecified atom stereocenters. The minimum atomic E-state index is -1.05. The van der Waals surface area contributed by atoms with Gasteiger partial charge in [-0.1, -0.05) is 37.0 Å². The lowest BCUT2D eigenvalue weighted by Crippen LogP contribution is -2.52. The molecule has 0 radical (unpaired) electrons. The maximum atomic E-state index is 12.2. The van der Waals surface area contributed by atoms with Crippen molar-refractivity contribution in [3.63, 3.8) is 0 Å². The van der Waals surface area contributed by atoms with E-state index in [2.05, 4.69) is 30.7 Å². The van der Waals surface area contributed by atoms with E-state index in [0.29, 0.717) is 12.0 Å². The number of carbonyl (C=O) groups excluding carboxylic acids is 1. The Labute approximate surface area is 144 Å². The molecule has 1 fully saturated rings. The topological polar surface area (TPSA) is 49.8 Å². The van der Waals surface area contributed by atoms with E-state index < -0.39 is 17.2 Å². The van der Waals surface area contributed by atoms with Crippen molar-refractivity contribution >= 4 is 5.97 Å². The quantitative estimate of drug-likeness (QED) is 0.669. The van der Waals surface area contributed by atoms with Crippen molar-refractivity contribution in [3.05, 3.63) is 35.9 Å². The second-order valence-electron chi connectivity index (χ2n) is 7.33. The van der Waals surface area contributed by atoms with E-state index in [4.69, 9.17) is 4.74 Å². The van der Waals surface area contributed by atoms with E-state index in [1.807, 2.05) is 13.0 Å². The van der Waals surface area contributed by atoms with Gasteiger partial charge in [0.2, 0.25) is 0 Å². The second kappa shape index (κ2) is 6.96. The number of hydrogen-bond acceptors (Lipinski definition) is 4. The molecule has 24 heavy (non-hydrogen) atoms. The van der Waals surface area contributed by atoms with Crippen molar-refractivity contribution in [3.8, 4) is 11.8 Å². The molecule has 0 aliphatic carbocycles. The summed E-state index contributed by atoms with van der Waals surface area (Å²) in [5.74, 6) is 5.60. The van der Waals surface area contributed by atoms with E-state index >= 15 is 0 Å². The zero-order valence-electron chi connectivity index (χ0n) is 15.2. The normalized spacial score (nSPS) is 27.9. The minimum absolute atomic E-state index is 0.0341. The number of benzene rings is 1. The summed E-state index contributed by atoms with van der Waals surface area (Å²) < 4.78 is 5.51. The summed E-state index contributed by atoms with van der Waals surface area (Å²) in [7, 11) is 2.06. The molecule has 4 heteroatoms. The van der Waals surface area contributed by atoms with Gasteiger partial charge in [-0.15, -0.1) is 0 Å². The lowest BCUT2D eigenvalue weighted by atomic mass is 9.79. The fraction of sp³-hybridized carbons (Fsp3) is 0.550. The standard InChI is InChI=1S/C20H27NO3/c1-15-14-21(5)16(2)13-20(15,23)12-11-19(3,4)24-18(22)17-9-7-6-8-10-17/h6-10,15-16,23H,13-14H2,1-5H3/t15-,16+,20-/m1/s1. The molecule has 0 aromatic heterocycles. The Bertz CT molecular complexity index is 644. The maximum absolute atomic E-state index is 12.2. The SMILES string of the molecule is C[C@@H]1CN(C)[C@@H](C)C[C@]1(O)C#CC(C)(C)OC(=O)c1ccccc1. The van der Waals surface area contributed by atoms with Crippen molar-refractivity contribution in [1.29, 1.82) is 0 Å². The van der Waals surface area contributed by atoms with Gasteiger partial charge in [-0.2, -0.15) is 0 Å². The number of rotatable bonds is 2. The van der Waals surface area contributed by atoms with Crippen LogP contribution < -0.4 is 0 Å². The summed E-state index contributed by atoms with van der Waals surface area (Å²) in [6.07, 6.45) is 0.584. The lowest BCUT2D eigenvalue weighted by Gasteiger charge is -2.43. The highest BCUT2D eigenvalue weighted by atomic mass is 16.6. The highest BCUT2D eigenvalue weighted by molar-refractivity contribution is 5.89. The number of carbonyl (C=O) groups is 1. The molecular formula is C20H27NO3. The summed E-state index contributed by atoms with van der Waals surface area (Å²) in [4.78, 5) is 14.4. The molecule has 0 saturated carbocycles. The average Bonchev–Trinajstić information content (AvgIpc) is 2.52. The number of hydrogen-bond donors (Lipinski definition) is 1. The van der Waals surface area contributed by atoms with E-state index in [-0.39, 0.29) is 12.0 Å². The van der Waals surface area contributed by atoms with Crippen LogP contribution in [0.2, 0.25) is 0 Å². The monoisotopic (exact) mass is 329 g/mol. The Hall–Kier alpha value is -1.83. The molecule has 0 spiro atoms. The van der Waals surface area contributed by atoms with Crippen molar-refractivity contribution < 1.29 is 14.6 Å². The molecule has 2 rings (SSSR count). The zero-order chi connectivity index (χ0) is 18.0. The van der Waals surface area contributed by atoms with Gasteiger partial charge in [0, 0.05) is 24.9 Å². The number of aliphatic hydroxyl groups is 1. The summed E-state index contributed by atoms with van der Waals surface area (Å²) >= 11 is 0. The molecule has 4 nitrogen and oxygen atoms in total. The molecule has 0 bridgehead atoms. The second-order valence-corrected chi connectivity index (χ2v) is 7.33. The largest absolute Gasteiger partial charge is 0.443 e. The minimum Gasteiger partial charge on any atom is -0.443 e. The van der Waals surface area contributed by atoms with Gasteiger partial charge in [0.15, 0.2) is 5.60 Å². The van der Waals surface area contributed by atoms with Crippen LogP contribution in [0.1, 0.15) is 44.5 Å². The number of esters is 1. The molecular weight excluding hydrogens is 302 g/mol. The van der Waals surface area contributed by atoms with Crippen molar-refractivity contribution in [2.75, 3.05) is 13.6 Å². The molecule has 1 aliphatic rings. The predicted molar refractivity (Wildman–Crippen MR) is 94.5 cm³/mol. The molecule has 1 N–H and O–H groups in total. The van der Waals surface area contributed by atoms with Gasteiger partial charge in [0.25, 0.3) is 0 Å². The van der Waals surface area contributed by atoms with Crippen LogP contribution in [0.4, 0.5) is 0 Å². The van der Waals surface area contributed by atoms with Crippen LogP contribution in [0.25, 0.3) is 0 Å². The first-order valence-corrected chi connectivity index (χ1v) is 8.38. The molecule has 1 saturated heterocycles. The predicted octanol–water partition coefficient (Wildman–Crippen LogP) is 2.72. The van der Waals surface area contributed by atoms with Crippen LogP contribution in [0.15, 0.2) is 30.3 Å². The summed E-state index contributed by atoms with van der Waals surface area (Å²) in [5.41, 5.74) is -1.52. The van der Waals surface area contributed by atoms with E-state index in [1.165, 1.54) is 0 Å². The van der Waals surface area contributed by atoms with Crippen molar-refractivity contribution in [1.82, 2.24) is 4.90 Å². The van der Waals surface area contributed by atoms with Crippen LogP contribution in [-0.4, -0.2) is 46.8 Å². The molecule has 1 aromatic carbocycles. The van der Waals surface area contributed by atoms with Crippen LogP contribution in [0.3, 0.4) is 0 Å². The maximum Gasteiger partial charge on any atom is 0.339 e. The summed E-state index contributed by atoms with van der Waals surface area (Å²) in [5, 5.41) is 10.9.